The summed E-state index contributed by atoms with van der Waals surface area (Å²) in [6.07, 6.45) is 6.83. The van der Waals surface area contributed by atoms with Gasteiger partial charge in [-0.2, -0.15) is 0 Å². The molecule has 1 aliphatic carbocycles. The Kier molecular flexibility index (Phi) is 7.85. The topological polar surface area (TPSA) is 65.1 Å². The molecule has 1 fully saturated rings. The Labute approximate surface area is 167 Å². The molecule has 6 heteroatoms. The Morgan fingerprint density at radius 3 is 2.43 bits per heavy atom. The average molecular weight is 389 g/mol. The molecular weight excluding hydrogens is 358 g/mol. The third kappa shape index (κ3) is 6.22. The second-order valence-corrected chi connectivity index (χ2v) is 7.68. The molecule has 2 rings (SSSR count). The van der Waals surface area contributed by atoms with Crippen molar-refractivity contribution in [1.29, 1.82) is 0 Å². The van der Waals surface area contributed by atoms with Crippen molar-refractivity contribution in [3.8, 4) is 11.8 Å². The Hall–Kier alpha value is -2.10. The highest BCUT2D eigenvalue weighted by Gasteiger charge is 2.38. The largest absolute Gasteiger partial charge is 0.446 e. The standard InChI is InChI=1S/C22H31NO5/c1-16(2)23(17(3)4)20(24)10-8-18(5)28-21(25)11-9-19-7-6-12-22(15-19)26-13-14-27-22/h7,9,11,16-18H,6,12-15H2,1-5H3/b11-9+/t18-/m1/s1. The first-order valence-corrected chi connectivity index (χ1v) is 9.92. The molecule has 0 unspecified atom stereocenters. The molecule has 0 aromatic heterocycles. The van der Waals surface area contributed by atoms with E-state index >= 15 is 0 Å². The maximum absolute atomic E-state index is 12.2. The van der Waals surface area contributed by atoms with E-state index in [2.05, 4.69) is 17.9 Å². The van der Waals surface area contributed by atoms with Crippen LogP contribution in [-0.2, 0) is 23.8 Å². The Bertz CT molecular complexity index is 681. The summed E-state index contributed by atoms with van der Waals surface area (Å²) in [6, 6.07) is 0.116. The summed E-state index contributed by atoms with van der Waals surface area (Å²) in [5.41, 5.74) is 0.989. The Balaban J connectivity index is 1.87. The van der Waals surface area contributed by atoms with Crippen molar-refractivity contribution in [2.24, 2.45) is 0 Å². The van der Waals surface area contributed by atoms with Gasteiger partial charge in [0.1, 0.15) is 0 Å². The minimum absolute atomic E-state index is 0.0578. The molecule has 1 heterocycles. The Morgan fingerprint density at radius 2 is 1.82 bits per heavy atom. The van der Waals surface area contributed by atoms with Crippen molar-refractivity contribution < 1.29 is 23.8 Å². The normalized spacial score (nSPS) is 19.5. The van der Waals surface area contributed by atoms with Gasteiger partial charge in [0.2, 0.25) is 0 Å². The van der Waals surface area contributed by atoms with Gasteiger partial charge in [0.25, 0.3) is 5.91 Å². The molecule has 6 nitrogen and oxygen atoms in total. The van der Waals surface area contributed by atoms with Gasteiger partial charge in [0.15, 0.2) is 11.9 Å². The van der Waals surface area contributed by atoms with E-state index in [1.165, 1.54) is 6.08 Å². The molecule has 0 aromatic rings. The zero-order valence-electron chi connectivity index (χ0n) is 17.5. The Morgan fingerprint density at radius 1 is 1.18 bits per heavy atom. The third-order valence-electron chi connectivity index (χ3n) is 4.67. The number of ether oxygens (including phenoxy) is 3. The zero-order valence-corrected chi connectivity index (χ0v) is 17.5. The van der Waals surface area contributed by atoms with Crippen LogP contribution in [0.1, 0.15) is 53.9 Å². The molecular formula is C22H31NO5. The number of hydrogen-bond donors (Lipinski definition) is 0. The number of allylic oxidation sites excluding steroid dienone is 2. The number of hydrogen-bond acceptors (Lipinski definition) is 5. The molecule has 0 bridgehead atoms. The molecule has 0 radical (unpaired) electrons. The number of rotatable bonds is 5. The lowest BCUT2D eigenvalue weighted by Gasteiger charge is -2.30. The number of nitrogens with zero attached hydrogens (tertiary/aromatic N) is 1. The van der Waals surface area contributed by atoms with Crippen LogP contribution in [0.2, 0.25) is 0 Å². The van der Waals surface area contributed by atoms with Crippen LogP contribution < -0.4 is 0 Å². The molecule has 1 atom stereocenters. The maximum Gasteiger partial charge on any atom is 0.331 e. The lowest BCUT2D eigenvalue weighted by molar-refractivity contribution is -0.162. The van der Waals surface area contributed by atoms with Crippen molar-refractivity contribution in [1.82, 2.24) is 4.90 Å². The van der Waals surface area contributed by atoms with Gasteiger partial charge in [-0.3, -0.25) is 4.79 Å². The highest BCUT2D eigenvalue weighted by atomic mass is 16.7. The molecule has 0 N–H and O–H groups in total. The fraction of sp³-hybridized carbons (Fsp3) is 0.636. The molecule has 0 aromatic carbocycles. The highest BCUT2D eigenvalue weighted by molar-refractivity contribution is 5.94. The quantitative estimate of drug-likeness (QED) is 0.411. The molecule has 0 saturated carbocycles. The summed E-state index contributed by atoms with van der Waals surface area (Å²) < 4.78 is 16.7. The van der Waals surface area contributed by atoms with E-state index in [4.69, 9.17) is 14.2 Å². The van der Waals surface area contributed by atoms with E-state index < -0.39 is 17.9 Å². The summed E-state index contributed by atoms with van der Waals surface area (Å²) >= 11 is 0. The molecule has 2 aliphatic rings. The van der Waals surface area contributed by atoms with Crippen molar-refractivity contribution in [2.45, 2.75) is 77.9 Å². The van der Waals surface area contributed by atoms with Gasteiger partial charge in [0.05, 0.1) is 13.2 Å². The van der Waals surface area contributed by atoms with Crippen LogP contribution in [-0.4, -0.2) is 54.0 Å². The van der Waals surface area contributed by atoms with Crippen molar-refractivity contribution in [3.05, 3.63) is 23.8 Å². The number of carbonyl (C=O) groups excluding carboxylic acids is 2. The predicted molar refractivity (Wildman–Crippen MR) is 106 cm³/mol. The van der Waals surface area contributed by atoms with Crippen LogP contribution in [0.4, 0.5) is 0 Å². The van der Waals surface area contributed by atoms with Crippen molar-refractivity contribution >= 4 is 11.9 Å². The molecule has 1 spiro atoms. The number of amides is 1. The zero-order chi connectivity index (χ0) is 20.7. The van der Waals surface area contributed by atoms with Gasteiger partial charge in [-0.1, -0.05) is 12.2 Å². The minimum Gasteiger partial charge on any atom is -0.446 e. The first kappa shape index (κ1) is 22.2. The van der Waals surface area contributed by atoms with Crippen LogP contribution >= 0.6 is 0 Å². The monoisotopic (exact) mass is 389 g/mol. The van der Waals surface area contributed by atoms with Crippen LogP contribution in [0.15, 0.2) is 23.8 Å². The fourth-order valence-electron chi connectivity index (χ4n) is 3.53. The second kappa shape index (κ2) is 9.90. The van der Waals surface area contributed by atoms with Gasteiger partial charge >= 0.3 is 5.97 Å². The summed E-state index contributed by atoms with van der Waals surface area (Å²) in [6.45, 7) is 10.6. The summed E-state index contributed by atoms with van der Waals surface area (Å²) in [4.78, 5) is 26.0. The van der Waals surface area contributed by atoms with Crippen LogP contribution in [0.5, 0.6) is 0 Å². The summed E-state index contributed by atoms with van der Waals surface area (Å²) in [5, 5.41) is 0. The van der Waals surface area contributed by atoms with Gasteiger partial charge in [-0.15, -0.1) is 0 Å². The van der Waals surface area contributed by atoms with Gasteiger partial charge < -0.3 is 19.1 Å². The van der Waals surface area contributed by atoms with E-state index in [0.29, 0.717) is 19.6 Å². The number of carbonyl (C=O) groups is 2. The first-order valence-electron chi connectivity index (χ1n) is 9.92. The van der Waals surface area contributed by atoms with E-state index in [1.54, 1.807) is 17.9 Å². The van der Waals surface area contributed by atoms with Gasteiger partial charge in [0, 0.05) is 31.0 Å². The highest BCUT2D eigenvalue weighted by Crippen LogP contribution is 2.36. The maximum atomic E-state index is 12.2. The third-order valence-corrected chi connectivity index (χ3v) is 4.67. The molecule has 28 heavy (non-hydrogen) atoms. The van der Waals surface area contributed by atoms with Crippen LogP contribution in [0, 0.1) is 11.8 Å². The van der Waals surface area contributed by atoms with Crippen molar-refractivity contribution in [2.75, 3.05) is 13.2 Å². The lowest BCUT2D eigenvalue weighted by Crippen LogP contribution is -2.41. The van der Waals surface area contributed by atoms with Gasteiger partial charge in [-0.25, -0.2) is 4.79 Å². The van der Waals surface area contributed by atoms with Crippen LogP contribution in [0.25, 0.3) is 0 Å². The van der Waals surface area contributed by atoms with E-state index in [9.17, 15) is 9.59 Å². The lowest BCUT2D eigenvalue weighted by atomic mass is 9.93. The summed E-state index contributed by atoms with van der Waals surface area (Å²) in [5.74, 6) is 4.00. The predicted octanol–water partition coefficient (Wildman–Crippen LogP) is 2.98. The molecule has 1 aliphatic heterocycles. The minimum atomic E-state index is -0.671. The molecule has 154 valence electrons. The number of esters is 1. The molecule has 1 amide bonds. The van der Waals surface area contributed by atoms with E-state index in [1.807, 2.05) is 27.7 Å². The fourth-order valence-corrected chi connectivity index (χ4v) is 3.53. The molecule has 1 saturated heterocycles. The second-order valence-electron chi connectivity index (χ2n) is 7.68. The average Bonchev–Trinajstić information content (AvgIpc) is 3.05. The van der Waals surface area contributed by atoms with Crippen molar-refractivity contribution in [3.63, 3.8) is 0 Å². The van der Waals surface area contributed by atoms with E-state index in [-0.39, 0.29) is 18.0 Å². The SMILES string of the molecule is CC(C)N(C(=O)C#C[C@@H](C)OC(=O)/C=C/C1=CCCC2(C1)OCCO2)C(C)C. The smallest absolute Gasteiger partial charge is 0.331 e. The van der Waals surface area contributed by atoms with Gasteiger partial charge in [-0.05, 0) is 58.5 Å². The summed E-state index contributed by atoms with van der Waals surface area (Å²) in [7, 11) is 0. The van der Waals surface area contributed by atoms with E-state index in [0.717, 1.165) is 18.4 Å². The first-order chi connectivity index (χ1) is 13.2. The van der Waals surface area contributed by atoms with Crippen LogP contribution in [0.3, 0.4) is 0 Å².